The molecule has 1 aliphatic carbocycles. The molecule has 1 aromatic carbocycles. The summed E-state index contributed by atoms with van der Waals surface area (Å²) in [4.78, 5) is 40.5. The van der Waals surface area contributed by atoms with Crippen molar-refractivity contribution in [3.8, 4) is 0 Å². The number of fused-ring (bicyclic) bond motifs is 1. The first kappa shape index (κ1) is 18.2. The number of hydrogen-bond donors (Lipinski definition) is 2. The Kier molecular flexibility index (Phi) is 4.64. The van der Waals surface area contributed by atoms with Gasteiger partial charge in [-0.25, -0.2) is 4.79 Å². The quantitative estimate of drug-likeness (QED) is 0.749. The molecule has 0 radical (unpaired) electrons. The number of urea groups is 1. The van der Waals surface area contributed by atoms with Crippen LogP contribution in [0.25, 0.3) is 0 Å². The van der Waals surface area contributed by atoms with Crippen LogP contribution < -0.4 is 10.6 Å². The zero-order valence-electron chi connectivity index (χ0n) is 15.8. The van der Waals surface area contributed by atoms with Crippen LogP contribution in [0, 0.1) is 0 Å². The molecule has 2 aromatic rings. The highest BCUT2D eigenvalue weighted by Gasteiger charge is 2.44. The summed E-state index contributed by atoms with van der Waals surface area (Å²) >= 11 is 0. The Morgan fingerprint density at radius 2 is 1.96 bits per heavy atom. The number of likely N-dealkylation sites (N-methyl/N-ethyl adjacent to an activating group) is 1. The van der Waals surface area contributed by atoms with E-state index in [1.807, 2.05) is 25.1 Å². The van der Waals surface area contributed by atoms with Crippen LogP contribution in [0.2, 0.25) is 0 Å². The molecular weight excluding hydrogens is 360 g/mol. The second-order valence-corrected chi connectivity index (χ2v) is 7.30. The maximum atomic E-state index is 12.5. The Morgan fingerprint density at radius 3 is 2.61 bits per heavy atom. The fourth-order valence-corrected chi connectivity index (χ4v) is 3.38. The van der Waals surface area contributed by atoms with Crippen molar-refractivity contribution in [2.24, 2.45) is 0 Å². The highest BCUT2D eigenvalue weighted by Crippen LogP contribution is 2.35. The molecule has 4 amide bonds. The van der Waals surface area contributed by atoms with E-state index >= 15 is 0 Å². The van der Waals surface area contributed by atoms with Crippen LogP contribution in [0.1, 0.15) is 45.4 Å². The predicted molar refractivity (Wildman–Crippen MR) is 102 cm³/mol. The molecule has 1 unspecified atom stereocenters. The van der Waals surface area contributed by atoms with E-state index in [1.54, 1.807) is 30.5 Å². The third-order valence-electron chi connectivity index (χ3n) is 5.04. The third kappa shape index (κ3) is 3.38. The van der Waals surface area contributed by atoms with Crippen LogP contribution in [0.15, 0.2) is 41.0 Å². The van der Waals surface area contributed by atoms with E-state index in [0.717, 1.165) is 18.6 Å². The number of amides is 4. The lowest BCUT2D eigenvalue weighted by atomic mass is 10.1. The molecule has 2 heterocycles. The van der Waals surface area contributed by atoms with Gasteiger partial charge in [-0.05, 0) is 57.3 Å². The summed E-state index contributed by atoms with van der Waals surface area (Å²) in [5.74, 6) is 0.231. The molecule has 1 aliphatic heterocycles. The van der Waals surface area contributed by atoms with Gasteiger partial charge in [0, 0.05) is 18.3 Å². The molecular formula is C20H22N4O4. The number of rotatable bonds is 6. The van der Waals surface area contributed by atoms with Gasteiger partial charge in [0.2, 0.25) is 0 Å². The zero-order valence-corrected chi connectivity index (χ0v) is 15.8. The molecule has 1 saturated carbocycles. The minimum Gasteiger partial charge on any atom is -0.468 e. The average Bonchev–Trinajstić information content (AvgIpc) is 3.27. The van der Waals surface area contributed by atoms with Gasteiger partial charge >= 0.3 is 6.03 Å². The summed E-state index contributed by atoms with van der Waals surface area (Å²) in [6.07, 6.45) is 3.32. The highest BCUT2D eigenvalue weighted by molar-refractivity contribution is 6.22. The molecule has 2 N–H and O–H groups in total. The van der Waals surface area contributed by atoms with Gasteiger partial charge < -0.3 is 15.1 Å². The molecule has 146 valence electrons. The smallest absolute Gasteiger partial charge is 0.319 e. The number of benzene rings is 1. The molecule has 1 atom stereocenters. The standard InChI is InChI=1S/C20H22N4O4/c1-23(2)16(17-4-3-9-28-17)11-21-20(27)22-12-5-8-14-15(10-12)19(26)24(18(14)25)13-6-7-13/h3-5,8-10,13,16H,6-7,11H2,1-2H3,(H2,21,22,27). The topological polar surface area (TPSA) is 94.9 Å². The zero-order chi connectivity index (χ0) is 19.8. The van der Waals surface area contributed by atoms with Crippen molar-refractivity contribution in [2.45, 2.75) is 24.9 Å². The molecule has 0 bridgehead atoms. The van der Waals surface area contributed by atoms with E-state index < -0.39 is 6.03 Å². The molecule has 4 rings (SSSR count). The van der Waals surface area contributed by atoms with Gasteiger partial charge in [0.25, 0.3) is 11.8 Å². The molecule has 1 aromatic heterocycles. The van der Waals surface area contributed by atoms with Crippen molar-refractivity contribution in [3.05, 3.63) is 53.5 Å². The van der Waals surface area contributed by atoms with Gasteiger partial charge in [0.1, 0.15) is 5.76 Å². The Balaban J connectivity index is 1.40. The van der Waals surface area contributed by atoms with Crippen LogP contribution in [-0.4, -0.2) is 54.3 Å². The van der Waals surface area contributed by atoms with Crippen molar-refractivity contribution < 1.29 is 18.8 Å². The summed E-state index contributed by atoms with van der Waals surface area (Å²) in [7, 11) is 3.81. The number of hydrogen-bond acceptors (Lipinski definition) is 5. The van der Waals surface area contributed by atoms with E-state index in [0.29, 0.717) is 23.4 Å². The van der Waals surface area contributed by atoms with E-state index in [2.05, 4.69) is 10.6 Å². The van der Waals surface area contributed by atoms with E-state index in [-0.39, 0.29) is 23.9 Å². The number of anilines is 1. The number of imide groups is 1. The molecule has 8 nitrogen and oxygen atoms in total. The van der Waals surface area contributed by atoms with Crippen molar-refractivity contribution in [1.29, 1.82) is 0 Å². The predicted octanol–water partition coefficient (Wildman–Crippen LogP) is 2.46. The van der Waals surface area contributed by atoms with Gasteiger partial charge in [-0.2, -0.15) is 0 Å². The van der Waals surface area contributed by atoms with Gasteiger partial charge in [-0.15, -0.1) is 0 Å². The molecule has 8 heteroatoms. The maximum Gasteiger partial charge on any atom is 0.319 e. The van der Waals surface area contributed by atoms with E-state index in [9.17, 15) is 14.4 Å². The summed E-state index contributed by atoms with van der Waals surface area (Å²) in [6, 6.07) is 7.99. The Bertz CT molecular complexity index is 918. The Labute approximate surface area is 162 Å². The van der Waals surface area contributed by atoms with Crippen molar-refractivity contribution >= 4 is 23.5 Å². The SMILES string of the molecule is CN(C)C(CNC(=O)Nc1ccc2c(c1)C(=O)N(C1CC1)C2=O)c1ccco1. The lowest BCUT2D eigenvalue weighted by molar-refractivity contribution is 0.0642. The molecule has 28 heavy (non-hydrogen) atoms. The Hall–Kier alpha value is -3.13. The second kappa shape index (κ2) is 7.12. The van der Waals surface area contributed by atoms with Crippen LogP contribution in [0.4, 0.5) is 10.5 Å². The lowest BCUT2D eigenvalue weighted by Gasteiger charge is -2.22. The lowest BCUT2D eigenvalue weighted by Crippen LogP contribution is -2.36. The summed E-state index contributed by atoms with van der Waals surface area (Å²) in [5.41, 5.74) is 1.21. The van der Waals surface area contributed by atoms with Crippen LogP contribution in [0.3, 0.4) is 0 Å². The van der Waals surface area contributed by atoms with Crippen LogP contribution >= 0.6 is 0 Å². The number of nitrogens with one attached hydrogen (secondary N) is 2. The molecule has 2 aliphatic rings. The molecule has 1 fully saturated rings. The highest BCUT2D eigenvalue weighted by atomic mass is 16.3. The van der Waals surface area contributed by atoms with Crippen LogP contribution in [0.5, 0.6) is 0 Å². The van der Waals surface area contributed by atoms with Crippen molar-refractivity contribution in [2.75, 3.05) is 26.0 Å². The largest absolute Gasteiger partial charge is 0.468 e. The van der Waals surface area contributed by atoms with Crippen molar-refractivity contribution in [1.82, 2.24) is 15.1 Å². The average molecular weight is 382 g/mol. The fraction of sp³-hybridized carbons (Fsp3) is 0.350. The summed E-state index contributed by atoms with van der Waals surface area (Å²) < 4.78 is 5.43. The summed E-state index contributed by atoms with van der Waals surface area (Å²) in [6.45, 7) is 0.351. The first-order valence-corrected chi connectivity index (χ1v) is 9.22. The second-order valence-electron chi connectivity index (χ2n) is 7.30. The Morgan fingerprint density at radius 1 is 1.21 bits per heavy atom. The van der Waals surface area contributed by atoms with Gasteiger partial charge in [0.05, 0.1) is 23.4 Å². The molecule has 0 spiro atoms. The van der Waals surface area contributed by atoms with Gasteiger partial charge in [-0.1, -0.05) is 0 Å². The minimum absolute atomic E-state index is 0.0247. The van der Waals surface area contributed by atoms with E-state index in [1.165, 1.54) is 4.90 Å². The van der Waals surface area contributed by atoms with Crippen molar-refractivity contribution in [3.63, 3.8) is 0 Å². The maximum absolute atomic E-state index is 12.5. The third-order valence-corrected chi connectivity index (χ3v) is 5.04. The van der Waals surface area contributed by atoms with Gasteiger partial charge in [-0.3, -0.25) is 19.4 Å². The number of carbonyl (C=O) groups excluding carboxylic acids is 3. The minimum atomic E-state index is -0.394. The van der Waals surface area contributed by atoms with Crippen LogP contribution in [-0.2, 0) is 0 Å². The van der Waals surface area contributed by atoms with E-state index in [4.69, 9.17) is 4.42 Å². The normalized spacial score (nSPS) is 17.0. The monoisotopic (exact) mass is 382 g/mol. The summed E-state index contributed by atoms with van der Waals surface area (Å²) in [5, 5.41) is 5.54. The first-order chi connectivity index (χ1) is 13.5. The van der Waals surface area contributed by atoms with Gasteiger partial charge in [0.15, 0.2) is 0 Å². The molecule has 0 saturated heterocycles. The fourth-order valence-electron chi connectivity index (χ4n) is 3.38. The number of carbonyl (C=O) groups is 3. The first-order valence-electron chi connectivity index (χ1n) is 9.22. The number of furan rings is 1. The number of nitrogens with zero attached hydrogens (tertiary/aromatic N) is 2.